The number of hydrogen-bond acceptors (Lipinski definition) is 2. The van der Waals surface area contributed by atoms with Gasteiger partial charge in [0.25, 0.3) is 5.91 Å². The van der Waals surface area contributed by atoms with Crippen LogP contribution in [0, 0.1) is 3.57 Å². The van der Waals surface area contributed by atoms with E-state index >= 15 is 0 Å². The summed E-state index contributed by atoms with van der Waals surface area (Å²) in [5, 5.41) is 3.11. The van der Waals surface area contributed by atoms with E-state index in [1.54, 1.807) is 0 Å². The summed E-state index contributed by atoms with van der Waals surface area (Å²) in [6.07, 6.45) is 6.18. The van der Waals surface area contributed by atoms with Crippen molar-refractivity contribution in [3.8, 4) is 0 Å². The molecule has 0 saturated heterocycles. The van der Waals surface area contributed by atoms with Gasteiger partial charge in [-0.25, -0.2) is 0 Å². The van der Waals surface area contributed by atoms with Crippen LogP contribution < -0.4 is 11.1 Å². The van der Waals surface area contributed by atoms with Crippen LogP contribution in [-0.2, 0) is 0 Å². The van der Waals surface area contributed by atoms with E-state index in [4.69, 9.17) is 18.0 Å². The summed E-state index contributed by atoms with van der Waals surface area (Å²) < 4.78 is 1.04. The summed E-state index contributed by atoms with van der Waals surface area (Å²) in [6.45, 7) is 0. The highest BCUT2D eigenvalue weighted by atomic mass is 127. The molecule has 0 aliphatic heterocycles. The molecule has 0 unspecified atom stereocenters. The lowest BCUT2D eigenvalue weighted by molar-refractivity contribution is 0.0917. The van der Waals surface area contributed by atoms with Crippen LogP contribution in [0.2, 0.25) is 0 Å². The molecule has 0 atom stereocenters. The fraction of sp³-hybridized carbons (Fsp3) is 0.467. The first-order chi connectivity index (χ1) is 9.53. The van der Waals surface area contributed by atoms with Gasteiger partial charge in [0.2, 0.25) is 0 Å². The number of amides is 1. The molecule has 0 bridgehead atoms. The number of rotatable bonds is 3. The molecule has 3 nitrogen and oxygen atoms in total. The van der Waals surface area contributed by atoms with Crippen LogP contribution in [0.5, 0.6) is 0 Å². The highest BCUT2D eigenvalue weighted by molar-refractivity contribution is 14.1. The van der Waals surface area contributed by atoms with Gasteiger partial charge in [0.15, 0.2) is 0 Å². The van der Waals surface area contributed by atoms with Crippen molar-refractivity contribution in [2.45, 2.75) is 44.1 Å². The summed E-state index contributed by atoms with van der Waals surface area (Å²) in [7, 11) is 0. The Kier molecular flexibility index (Phi) is 5.37. The molecule has 2 rings (SSSR count). The van der Waals surface area contributed by atoms with Crippen LogP contribution in [0.3, 0.4) is 0 Å². The van der Waals surface area contributed by atoms with Gasteiger partial charge in [-0.2, -0.15) is 0 Å². The largest absolute Gasteiger partial charge is 0.391 e. The Bertz CT molecular complexity index is 510. The highest BCUT2D eigenvalue weighted by Crippen LogP contribution is 2.28. The van der Waals surface area contributed by atoms with E-state index in [0.29, 0.717) is 10.6 Å². The molecule has 0 radical (unpaired) electrons. The summed E-state index contributed by atoms with van der Waals surface area (Å²) in [5.41, 5.74) is 6.10. The average Bonchev–Trinajstić information content (AvgIpc) is 2.65. The standard InChI is InChI=1S/C15H19IN2OS/c16-12-7-5-6-11(10-12)13(19)18-15(14(17)20)8-3-1-2-4-9-15/h5-7,10H,1-4,8-9H2,(H2,17,20)(H,18,19). The Hall–Kier alpha value is -0.690. The van der Waals surface area contributed by atoms with Gasteiger partial charge in [-0.1, -0.05) is 44.0 Å². The summed E-state index contributed by atoms with van der Waals surface area (Å²) in [4.78, 5) is 12.9. The lowest BCUT2D eigenvalue weighted by Gasteiger charge is -2.33. The lowest BCUT2D eigenvalue weighted by atomic mass is 9.89. The van der Waals surface area contributed by atoms with Crippen molar-refractivity contribution in [3.63, 3.8) is 0 Å². The third kappa shape index (κ3) is 3.69. The molecule has 5 heteroatoms. The molecule has 1 saturated carbocycles. The predicted octanol–water partition coefficient (Wildman–Crippen LogP) is 3.40. The molecule has 3 N–H and O–H groups in total. The van der Waals surface area contributed by atoms with Crippen molar-refractivity contribution < 1.29 is 4.79 Å². The maximum Gasteiger partial charge on any atom is 0.252 e. The number of thiocarbonyl (C=S) groups is 1. The molecule has 1 aliphatic carbocycles. The minimum atomic E-state index is -0.510. The molecule has 108 valence electrons. The van der Waals surface area contributed by atoms with Gasteiger partial charge < -0.3 is 11.1 Å². The SMILES string of the molecule is NC(=S)C1(NC(=O)c2cccc(I)c2)CCCCCC1. The number of carbonyl (C=O) groups excluding carboxylic acids is 1. The van der Waals surface area contributed by atoms with E-state index < -0.39 is 5.54 Å². The molecule has 0 spiro atoms. The van der Waals surface area contributed by atoms with E-state index in [2.05, 4.69) is 27.9 Å². The Morgan fingerprint density at radius 2 is 1.90 bits per heavy atom. The molecule has 1 aromatic rings. The monoisotopic (exact) mass is 402 g/mol. The van der Waals surface area contributed by atoms with E-state index in [9.17, 15) is 4.79 Å². The lowest BCUT2D eigenvalue weighted by Crippen LogP contribution is -2.56. The summed E-state index contributed by atoms with van der Waals surface area (Å²) in [5.74, 6) is -0.0850. The second-order valence-electron chi connectivity index (χ2n) is 5.33. The zero-order valence-corrected chi connectivity index (χ0v) is 14.3. The second-order valence-corrected chi connectivity index (χ2v) is 7.01. The van der Waals surface area contributed by atoms with Gasteiger partial charge in [-0.15, -0.1) is 0 Å². The van der Waals surface area contributed by atoms with Crippen LogP contribution >= 0.6 is 34.8 Å². The number of carbonyl (C=O) groups is 1. The zero-order valence-electron chi connectivity index (χ0n) is 11.3. The summed E-state index contributed by atoms with van der Waals surface area (Å²) in [6, 6.07) is 7.55. The fourth-order valence-corrected chi connectivity index (χ4v) is 3.48. The third-order valence-corrected chi connectivity index (χ3v) is 4.93. The fourth-order valence-electron chi connectivity index (χ4n) is 2.68. The van der Waals surface area contributed by atoms with Crippen LogP contribution in [0.25, 0.3) is 0 Å². The molecule has 1 aromatic carbocycles. The van der Waals surface area contributed by atoms with Crippen molar-refractivity contribution in [1.29, 1.82) is 0 Å². The van der Waals surface area contributed by atoms with E-state index in [0.717, 1.165) is 29.3 Å². The topological polar surface area (TPSA) is 55.1 Å². The van der Waals surface area contributed by atoms with Crippen LogP contribution in [-0.4, -0.2) is 16.4 Å². The average molecular weight is 402 g/mol. The Labute approximate surface area is 138 Å². The first-order valence-corrected chi connectivity index (χ1v) is 8.40. The molecular weight excluding hydrogens is 383 g/mol. The van der Waals surface area contributed by atoms with Crippen molar-refractivity contribution in [1.82, 2.24) is 5.32 Å². The first kappa shape index (κ1) is 15.7. The number of benzene rings is 1. The molecule has 0 heterocycles. The van der Waals surface area contributed by atoms with E-state index in [1.165, 1.54) is 12.8 Å². The smallest absolute Gasteiger partial charge is 0.252 e. The van der Waals surface area contributed by atoms with Crippen LogP contribution in [0.1, 0.15) is 48.9 Å². The quantitative estimate of drug-likeness (QED) is 0.463. The normalized spacial score (nSPS) is 18.1. The van der Waals surface area contributed by atoms with Crippen molar-refractivity contribution in [2.24, 2.45) is 5.73 Å². The van der Waals surface area contributed by atoms with E-state index in [-0.39, 0.29) is 5.91 Å². The van der Waals surface area contributed by atoms with Crippen LogP contribution in [0.15, 0.2) is 24.3 Å². The Morgan fingerprint density at radius 3 is 2.45 bits per heavy atom. The van der Waals surface area contributed by atoms with Gasteiger partial charge in [0, 0.05) is 9.13 Å². The van der Waals surface area contributed by atoms with Crippen molar-refractivity contribution >= 4 is 45.7 Å². The maximum absolute atomic E-state index is 12.5. The Balaban J connectivity index is 2.19. The van der Waals surface area contributed by atoms with Crippen molar-refractivity contribution in [3.05, 3.63) is 33.4 Å². The zero-order chi connectivity index (χ0) is 14.6. The van der Waals surface area contributed by atoms with Crippen LogP contribution in [0.4, 0.5) is 0 Å². The van der Waals surface area contributed by atoms with E-state index in [1.807, 2.05) is 24.3 Å². The van der Waals surface area contributed by atoms with Crippen molar-refractivity contribution in [2.75, 3.05) is 0 Å². The molecule has 0 aromatic heterocycles. The number of halogens is 1. The van der Waals surface area contributed by atoms with Gasteiger partial charge >= 0.3 is 0 Å². The molecular formula is C15H19IN2OS. The number of nitrogens with two attached hydrogens (primary N) is 1. The summed E-state index contributed by atoms with van der Waals surface area (Å²) >= 11 is 7.45. The minimum Gasteiger partial charge on any atom is -0.391 e. The molecule has 1 aliphatic rings. The van der Waals surface area contributed by atoms with Gasteiger partial charge in [-0.05, 0) is 53.6 Å². The highest BCUT2D eigenvalue weighted by Gasteiger charge is 2.35. The van der Waals surface area contributed by atoms with Gasteiger partial charge in [0.05, 0.1) is 10.5 Å². The second kappa shape index (κ2) is 6.85. The van der Waals surface area contributed by atoms with Gasteiger partial charge in [0.1, 0.15) is 0 Å². The molecule has 1 fully saturated rings. The number of hydrogen-bond donors (Lipinski definition) is 2. The molecule has 1 amide bonds. The third-order valence-electron chi connectivity index (χ3n) is 3.87. The predicted molar refractivity (Wildman–Crippen MR) is 93.8 cm³/mol. The Morgan fingerprint density at radius 1 is 1.25 bits per heavy atom. The minimum absolute atomic E-state index is 0.0850. The molecule has 20 heavy (non-hydrogen) atoms. The maximum atomic E-state index is 12.5. The number of nitrogens with one attached hydrogen (secondary N) is 1. The first-order valence-electron chi connectivity index (χ1n) is 6.91. The van der Waals surface area contributed by atoms with Gasteiger partial charge in [-0.3, -0.25) is 4.79 Å².